The summed E-state index contributed by atoms with van der Waals surface area (Å²) in [6, 6.07) is 13.9. The summed E-state index contributed by atoms with van der Waals surface area (Å²) >= 11 is 5.24. The van der Waals surface area contributed by atoms with Crippen LogP contribution in [-0.2, 0) is 0 Å². The van der Waals surface area contributed by atoms with Crippen LogP contribution in [0.25, 0.3) is 0 Å². The van der Waals surface area contributed by atoms with Gasteiger partial charge in [0.25, 0.3) is 11.8 Å². The lowest BCUT2D eigenvalue weighted by Gasteiger charge is -2.14. The number of hydrogen-bond donors (Lipinski definition) is 3. The van der Waals surface area contributed by atoms with E-state index in [9.17, 15) is 9.59 Å². The number of ether oxygens (including phenoxy) is 1. The maximum atomic E-state index is 12.5. The van der Waals surface area contributed by atoms with Gasteiger partial charge in [0, 0.05) is 23.4 Å². The summed E-state index contributed by atoms with van der Waals surface area (Å²) in [5.74, 6) is 0.211. The number of amides is 2. The maximum Gasteiger partial charge on any atom is 0.257 e. The first-order valence-corrected chi connectivity index (χ1v) is 10.6. The second-order valence-electron chi connectivity index (χ2n) is 6.96. The van der Waals surface area contributed by atoms with Gasteiger partial charge in [0.2, 0.25) is 0 Å². The quantitative estimate of drug-likeness (QED) is 0.405. The summed E-state index contributed by atoms with van der Waals surface area (Å²) in [5.41, 5.74) is 1.71. The minimum atomic E-state index is -0.325. The molecule has 0 radical (unpaired) electrons. The van der Waals surface area contributed by atoms with Crippen LogP contribution in [0.2, 0.25) is 0 Å². The van der Waals surface area contributed by atoms with E-state index in [0.29, 0.717) is 29.1 Å². The number of thiocarbonyl (C=S) groups is 1. The summed E-state index contributed by atoms with van der Waals surface area (Å²) in [6.45, 7) is 6.75. The Morgan fingerprint density at radius 1 is 1.03 bits per heavy atom. The minimum Gasteiger partial charge on any atom is -0.491 e. The maximum absolute atomic E-state index is 12.5. The zero-order valence-electron chi connectivity index (χ0n) is 17.7. The fraction of sp³-hybridized carbons (Fsp3) is 0.348. The molecule has 0 aliphatic carbocycles. The van der Waals surface area contributed by atoms with E-state index in [2.05, 4.69) is 22.9 Å². The predicted octanol–water partition coefficient (Wildman–Crippen LogP) is 4.52. The molecule has 2 rings (SSSR count). The minimum absolute atomic E-state index is 0.0720. The van der Waals surface area contributed by atoms with Crippen LogP contribution in [0.15, 0.2) is 48.5 Å². The van der Waals surface area contributed by atoms with Gasteiger partial charge in [-0.05, 0) is 74.4 Å². The van der Waals surface area contributed by atoms with Crippen LogP contribution < -0.4 is 20.7 Å². The van der Waals surface area contributed by atoms with E-state index in [0.717, 1.165) is 19.3 Å². The molecule has 1 atom stereocenters. The van der Waals surface area contributed by atoms with E-state index >= 15 is 0 Å². The Kier molecular flexibility index (Phi) is 9.28. The highest BCUT2D eigenvalue weighted by Crippen LogP contribution is 2.16. The first-order valence-electron chi connectivity index (χ1n) is 10.2. The number of nitrogens with one attached hydrogen (secondary N) is 3. The number of unbranched alkanes of at least 4 members (excludes halogenated alkanes) is 1. The number of benzene rings is 2. The van der Waals surface area contributed by atoms with E-state index in [1.165, 1.54) is 0 Å². The molecule has 2 aromatic carbocycles. The largest absolute Gasteiger partial charge is 0.491 e. The standard InChI is InChI=1S/C23H29N3O3S/c1-4-6-14-24-21(27)17-10-12-19(13-11-17)25-23(30)26-22(28)18-8-7-9-20(15-18)29-16(3)5-2/h7-13,15-16H,4-6,14H2,1-3H3,(H,24,27)(H2,25,26,28,30). The Labute approximate surface area is 183 Å². The lowest BCUT2D eigenvalue weighted by Crippen LogP contribution is -2.34. The van der Waals surface area contributed by atoms with Crippen LogP contribution >= 0.6 is 12.2 Å². The van der Waals surface area contributed by atoms with E-state index in [1.54, 1.807) is 42.5 Å². The molecule has 0 aliphatic rings. The molecular weight excluding hydrogens is 398 g/mol. The zero-order valence-corrected chi connectivity index (χ0v) is 18.5. The van der Waals surface area contributed by atoms with Crippen molar-refractivity contribution in [3.05, 3.63) is 59.7 Å². The lowest BCUT2D eigenvalue weighted by atomic mass is 10.2. The first-order chi connectivity index (χ1) is 14.4. The second kappa shape index (κ2) is 11.9. The highest BCUT2D eigenvalue weighted by molar-refractivity contribution is 7.80. The normalized spacial score (nSPS) is 11.3. The number of anilines is 1. The lowest BCUT2D eigenvalue weighted by molar-refractivity contribution is 0.0950. The number of carbonyl (C=O) groups excluding carboxylic acids is 2. The molecule has 6 nitrogen and oxygen atoms in total. The summed E-state index contributed by atoms with van der Waals surface area (Å²) in [7, 11) is 0. The Morgan fingerprint density at radius 2 is 1.77 bits per heavy atom. The fourth-order valence-corrected chi connectivity index (χ4v) is 2.76. The first kappa shape index (κ1) is 23.3. The van der Waals surface area contributed by atoms with Crippen molar-refractivity contribution in [3.63, 3.8) is 0 Å². The Bertz CT molecular complexity index is 868. The van der Waals surface area contributed by atoms with Crippen molar-refractivity contribution in [1.82, 2.24) is 10.6 Å². The molecular formula is C23H29N3O3S. The second-order valence-corrected chi connectivity index (χ2v) is 7.37. The highest BCUT2D eigenvalue weighted by Gasteiger charge is 2.11. The van der Waals surface area contributed by atoms with Gasteiger partial charge in [-0.25, -0.2) is 0 Å². The molecule has 7 heteroatoms. The molecule has 0 fully saturated rings. The average molecular weight is 428 g/mol. The molecule has 0 aromatic heterocycles. The number of rotatable bonds is 9. The SMILES string of the molecule is CCCCNC(=O)c1ccc(NC(=S)NC(=O)c2cccc(OC(C)CC)c2)cc1. The van der Waals surface area contributed by atoms with Crippen LogP contribution in [0.3, 0.4) is 0 Å². The van der Waals surface area contributed by atoms with E-state index in [-0.39, 0.29) is 23.0 Å². The third-order valence-corrected chi connectivity index (χ3v) is 4.66. The van der Waals surface area contributed by atoms with Crippen LogP contribution in [0.1, 0.15) is 60.7 Å². The molecule has 0 spiro atoms. The van der Waals surface area contributed by atoms with Gasteiger partial charge in [-0.1, -0.05) is 26.3 Å². The van der Waals surface area contributed by atoms with Crippen molar-refractivity contribution >= 4 is 34.8 Å². The molecule has 2 amide bonds. The van der Waals surface area contributed by atoms with Gasteiger partial charge in [0.05, 0.1) is 6.10 Å². The molecule has 0 aliphatic heterocycles. The Hall–Kier alpha value is -2.93. The molecule has 3 N–H and O–H groups in total. The molecule has 2 aromatic rings. The van der Waals surface area contributed by atoms with Gasteiger partial charge in [-0.15, -0.1) is 0 Å². The molecule has 30 heavy (non-hydrogen) atoms. The summed E-state index contributed by atoms with van der Waals surface area (Å²) in [5, 5.41) is 8.66. The van der Waals surface area contributed by atoms with Gasteiger partial charge in [-0.3, -0.25) is 14.9 Å². The predicted molar refractivity (Wildman–Crippen MR) is 124 cm³/mol. The van der Waals surface area contributed by atoms with Crippen molar-refractivity contribution in [3.8, 4) is 5.75 Å². The third-order valence-electron chi connectivity index (χ3n) is 4.46. The summed E-state index contributed by atoms with van der Waals surface area (Å²) < 4.78 is 5.76. The van der Waals surface area contributed by atoms with Crippen LogP contribution in [0.4, 0.5) is 5.69 Å². The highest BCUT2D eigenvalue weighted by atomic mass is 32.1. The summed E-state index contributed by atoms with van der Waals surface area (Å²) in [4.78, 5) is 24.5. The van der Waals surface area contributed by atoms with Gasteiger partial charge in [-0.2, -0.15) is 0 Å². The van der Waals surface area contributed by atoms with Crippen molar-refractivity contribution in [1.29, 1.82) is 0 Å². The molecule has 1 unspecified atom stereocenters. The van der Waals surface area contributed by atoms with Crippen molar-refractivity contribution in [2.75, 3.05) is 11.9 Å². The smallest absolute Gasteiger partial charge is 0.257 e. The van der Waals surface area contributed by atoms with Crippen LogP contribution in [0, 0.1) is 0 Å². The van der Waals surface area contributed by atoms with Gasteiger partial charge in [0.1, 0.15) is 5.75 Å². The van der Waals surface area contributed by atoms with E-state index in [1.807, 2.05) is 19.9 Å². The van der Waals surface area contributed by atoms with E-state index in [4.69, 9.17) is 17.0 Å². The molecule has 0 heterocycles. The third kappa shape index (κ3) is 7.48. The summed E-state index contributed by atoms with van der Waals surface area (Å²) in [6.07, 6.45) is 2.93. The van der Waals surface area contributed by atoms with Crippen molar-refractivity contribution in [2.24, 2.45) is 0 Å². The number of hydrogen-bond acceptors (Lipinski definition) is 4. The fourth-order valence-electron chi connectivity index (χ4n) is 2.55. The molecule has 0 bridgehead atoms. The van der Waals surface area contributed by atoms with Gasteiger partial charge in [0.15, 0.2) is 5.11 Å². The Morgan fingerprint density at radius 3 is 2.43 bits per heavy atom. The zero-order chi connectivity index (χ0) is 21.9. The number of carbonyl (C=O) groups is 2. The molecule has 0 saturated carbocycles. The van der Waals surface area contributed by atoms with Crippen molar-refractivity contribution in [2.45, 2.75) is 46.1 Å². The molecule has 160 valence electrons. The van der Waals surface area contributed by atoms with Gasteiger partial charge >= 0.3 is 0 Å². The van der Waals surface area contributed by atoms with Crippen LogP contribution in [0.5, 0.6) is 5.75 Å². The van der Waals surface area contributed by atoms with E-state index < -0.39 is 0 Å². The van der Waals surface area contributed by atoms with Crippen LogP contribution in [-0.4, -0.2) is 29.6 Å². The topological polar surface area (TPSA) is 79.5 Å². The van der Waals surface area contributed by atoms with Crippen molar-refractivity contribution < 1.29 is 14.3 Å². The monoisotopic (exact) mass is 427 g/mol. The Balaban J connectivity index is 1.90. The molecule has 0 saturated heterocycles. The van der Waals surface area contributed by atoms with Gasteiger partial charge < -0.3 is 15.4 Å². The average Bonchev–Trinajstić information content (AvgIpc) is 2.74.